The number of benzene rings is 2. The van der Waals surface area contributed by atoms with E-state index in [1.54, 1.807) is 41.3 Å². The third-order valence-electron chi connectivity index (χ3n) is 6.29. The number of anilines is 1. The zero-order valence-electron chi connectivity index (χ0n) is 23.4. The van der Waals surface area contributed by atoms with Gasteiger partial charge in [-0.1, -0.05) is 38.1 Å². The smallest absolute Gasteiger partial charge is 0.422 e. The van der Waals surface area contributed by atoms with Crippen molar-refractivity contribution in [3.63, 3.8) is 0 Å². The quantitative estimate of drug-likeness (QED) is 0.473. The van der Waals surface area contributed by atoms with Crippen LogP contribution in [-0.2, 0) is 17.8 Å². The minimum atomic E-state index is -4.55. The van der Waals surface area contributed by atoms with Crippen molar-refractivity contribution >= 4 is 17.8 Å². The summed E-state index contributed by atoms with van der Waals surface area (Å²) in [6.07, 6.45) is -3.78. The van der Waals surface area contributed by atoms with Crippen LogP contribution in [0.25, 0.3) is 0 Å². The SMILES string of the molecule is CC(C)C(=O)N1CCCOc2ccc(cc2)CNc2nc(nc(OCC(F)(F)F)n2)Cc2ccc(cc2)C(=O)NCC1. The van der Waals surface area contributed by atoms with Crippen molar-refractivity contribution < 1.29 is 32.2 Å². The van der Waals surface area contributed by atoms with E-state index >= 15 is 0 Å². The van der Waals surface area contributed by atoms with Crippen LogP contribution in [0.4, 0.5) is 19.1 Å². The van der Waals surface area contributed by atoms with E-state index in [9.17, 15) is 22.8 Å². The molecule has 4 aliphatic heterocycles. The van der Waals surface area contributed by atoms with Gasteiger partial charge in [-0.15, -0.1) is 0 Å². The molecule has 2 N–H and O–H groups in total. The summed E-state index contributed by atoms with van der Waals surface area (Å²) in [5, 5.41) is 5.86. The first-order chi connectivity index (χ1) is 20.1. The molecule has 42 heavy (non-hydrogen) atoms. The summed E-state index contributed by atoms with van der Waals surface area (Å²) in [6.45, 7) is 3.96. The molecule has 0 spiro atoms. The van der Waals surface area contributed by atoms with E-state index in [0.717, 1.165) is 11.1 Å². The van der Waals surface area contributed by atoms with Crippen molar-refractivity contribution in [1.29, 1.82) is 0 Å². The molecular formula is C29H33F3N6O4. The number of alkyl halides is 3. The lowest BCUT2D eigenvalue weighted by molar-refractivity contribution is -0.154. The summed E-state index contributed by atoms with van der Waals surface area (Å²) in [5.74, 6) is 0.443. The molecule has 10 nitrogen and oxygen atoms in total. The van der Waals surface area contributed by atoms with E-state index in [1.165, 1.54) is 0 Å². The van der Waals surface area contributed by atoms with Crippen LogP contribution in [0.2, 0.25) is 0 Å². The fourth-order valence-corrected chi connectivity index (χ4v) is 4.16. The molecule has 3 aromatic rings. The van der Waals surface area contributed by atoms with Crippen LogP contribution in [-0.4, -0.2) is 70.7 Å². The molecule has 0 radical (unpaired) electrons. The van der Waals surface area contributed by atoms with E-state index in [4.69, 9.17) is 9.47 Å². The lowest BCUT2D eigenvalue weighted by atomic mass is 10.1. The van der Waals surface area contributed by atoms with Crippen LogP contribution in [0.1, 0.15) is 47.6 Å². The van der Waals surface area contributed by atoms with Gasteiger partial charge < -0.3 is 25.0 Å². The zero-order chi connectivity index (χ0) is 30.1. The molecule has 0 saturated carbocycles. The van der Waals surface area contributed by atoms with E-state index in [1.807, 2.05) is 26.0 Å². The second kappa shape index (κ2) is 14.0. The van der Waals surface area contributed by atoms with Crippen molar-refractivity contribution in [2.45, 2.75) is 39.4 Å². The van der Waals surface area contributed by atoms with Gasteiger partial charge in [-0.25, -0.2) is 0 Å². The van der Waals surface area contributed by atoms with Crippen LogP contribution >= 0.6 is 0 Å². The van der Waals surface area contributed by atoms with Crippen LogP contribution in [0.15, 0.2) is 48.5 Å². The zero-order valence-corrected chi connectivity index (χ0v) is 23.4. The number of halogens is 3. The van der Waals surface area contributed by atoms with Gasteiger partial charge in [0.25, 0.3) is 5.91 Å². The molecule has 5 heterocycles. The molecule has 224 valence electrons. The Balaban J connectivity index is 1.56. The van der Waals surface area contributed by atoms with E-state index in [2.05, 4.69) is 25.6 Å². The Morgan fingerprint density at radius 2 is 1.71 bits per heavy atom. The van der Waals surface area contributed by atoms with E-state index in [-0.39, 0.29) is 42.5 Å². The highest BCUT2D eigenvalue weighted by Gasteiger charge is 2.29. The Hall–Kier alpha value is -4.42. The minimum Gasteiger partial charge on any atom is -0.494 e. The van der Waals surface area contributed by atoms with Crippen LogP contribution in [0.3, 0.4) is 0 Å². The third kappa shape index (κ3) is 9.32. The second-order valence-corrected chi connectivity index (χ2v) is 10.1. The van der Waals surface area contributed by atoms with Gasteiger partial charge in [0.1, 0.15) is 11.6 Å². The summed E-state index contributed by atoms with van der Waals surface area (Å²) in [7, 11) is 0. The maximum absolute atomic E-state index is 12.8. The summed E-state index contributed by atoms with van der Waals surface area (Å²) in [6, 6.07) is 13.6. The van der Waals surface area contributed by atoms with Crippen molar-refractivity contribution in [3.05, 3.63) is 71.0 Å². The topological polar surface area (TPSA) is 119 Å². The maximum atomic E-state index is 12.8. The van der Waals surface area contributed by atoms with Gasteiger partial charge in [-0.05, 0) is 41.8 Å². The second-order valence-electron chi connectivity index (χ2n) is 10.1. The number of nitrogens with one attached hydrogen (secondary N) is 2. The van der Waals surface area contributed by atoms with Crippen LogP contribution < -0.4 is 20.1 Å². The van der Waals surface area contributed by atoms with Gasteiger partial charge in [0.2, 0.25) is 11.9 Å². The van der Waals surface area contributed by atoms with Gasteiger partial charge in [-0.3, -0.25) is 9.59 Å². The van der Waals surface area contributed by atoms with Gasteiger partial charge in [0, 0.05) is 44.1 Å². The molecule has 0 fully saturated rings. The molecule has 0 aliphatic carbocycles. The Bertz CT molecular complexity index is 1350. The van der Waals surface area contributed by atoms with Crippen molar-refractivity contribution in [3.8, 4) is 11.8 Å². The number of nitrogens with zero attached hydrogens (tertiary/aromatic N) is 4. The predicted octanol–water partition coefficient (Wildman–Crippen LogP) is 4.01. The lowest BCUT2D eigenvalue weighted by Crippen LogP contribution is -2.41. The molecule has 0 saturated heterocycles. The average Bonchev–Trinajstić information content (AvgIpc) is 2.96. The maximum Gasteiger partial charge on any atom is 0.422 e. The largest absolute Gasteiger partial charge is 0.494 e. The predicted molar refractivity (Wildman–Crippen MR) is 148 cm³/mol. The van der Waals surface area contributed by atoms with Gasteiger partial charge in [-0.2, -0.15) is 28.1 Å². The van der Waals surface area contributed by atoms with Gasteiger partial charge >= 0.3 is 12.2 Å². The highest BCUT2D eigenvalue weighted by Crippen LogP contribution is 2.19. The summed E-state index contributed by atoms with van der Waals surface area (Å²) in [5.41, 5.74) is 2.01. The Labute approximate surface area is 241 Å². The normalized spacial score (nSPS) is 15.1. The van der Waals surface area contributed by atoms with Crippen LogP contribution in [0, 0.1) is 5.92 Å². The van der Waals surface area contributed by atoms with Crippen molar-refractivity contribution in [2.75, 3.05) is 38.2 Å². The number of rotatable bonds is 3. The first-order valence-corrected chi connectivity index (χ1v) is 13.6. The molecule has 7 rings (SSSR count). The van der Waals surface area contributed by atoms with Gasteiger partial charge in [0.05, 0.1) is 6.61 Å². The fraction of sp³-hybridized carbons (Fsp3) is 0.414. The molecule has 2 amide bonds. The molecule has 4 aliphatic rings. The highest BCUT2D eigenvalue weighted by molar-refractivity contribution is 5.94. The van der Waals surface area contributed by atoms with Gasteiger partial charge in [0.15, 0.2) is 6.61 Å². The van der Waals surface area contributed by atoms with Crippen LogP contribution in [0.5, 0.6) is 11.8 Å². The first kappa shape index (κ1) is 30.5. The number of hydrogen-bond donors (Lipinski definition) is 2. The Morgan fingerprint density at radius 3 is 2.40 bits per heavy atom. The molecule has 6 bridgehead atoms. The first-order valence-electron chi connectivity index (χ1n) is 13.6. The van der Waals surface area contributed by atoms with E-state index < -0.39 is 18.8 Å². The summed E-state index contributed by atoms with van der Waals surface area (Å²) < 4.78 is 48.9. The molecular weight excluding hydrogens is 553 g/mol. The summed E-state index contributed by atoms with van der Waals surface area (Å²) in [4.78, 5) is 39.6. The standard InChI is InChI=1S/C29H33F3N6O4/c1-19(2)26(40)38-13-3-15-41-23-10-6-21(7-11-23)17-34-27-35-24(36-28(37-27)42-18-29(30,31)32)16-20-4-8-22(9-5-20)25(39)33-12-14-38/h4-11,19H,3,12-18H2,1-2H3,(H,33,39)(H,34,35,36,37). The van der Waals surface area contributed by atoms with Crippen molar-refractivity contribution in [1.82, 2.24) is 25.2 Å². The monoisotopic (exact) mass is 586 g/mol. The number of ether oxygens (including phenoxy) is 2. The molecule has 2 aromatic carbocycles. The number of hydrogen-bond acceptors (Lipinski definition) is 8. The molecule has 0 unspecified atom stereocenters. The fourth-order valence-electron chi connectivity index (χ4n) is 4.16. The average molecular weight is 587 g/mol. The highest BCUT2D eigenvalue weighted by atomic mass is 19.4. The summed E-state index contributed by atoms with van der Waals surface area (Å²) >= 11 is 0. The number of carbonyl (C=O) groups is 2. The number of aromatic nitrogens is 3. The molecule has 1 aromatic heterocycles. The molecule has 0 atom stereocenters. The minimum absolute atomic E-state index is 0.00309. The van der Waals surface area contributed by atoms with E-state index in [0.29, 0.717) is 44.0 Å². The number of carbonyl (C=O) groups excluding carboxylic acids is 2. The lowest BCUT2D eigenvalue weighted by Gasteiger charge is -2.25. The number of amides is 2. The van der Waals surface area contributed by atoms with Crippen molar-refractivity contribution in [2.24, 2.45) is 5.92 Å². The Morgan fingerprint density at radius 1 is 1.00 bits per heavy atom. The third-order valence-corrected chi connectivity index (χ3v) is 6.29. The Kier molecular flexibility index (Phi) is 10.2. The molecule has 13 heteroatoms.